The van der Waals surface area contributed by atoms with Crippen LogP contribution < -0.4 is 5.32 Å². The molecule has 1 fully saturated rings. The standard InChI is InChI=1S/C21H21ClF3NO/c1-12(14-9-8-13-6-4-5-7-15(13)10-14)26-19(27)18-16(20(18,2)3)11-17(22)21(23,24)25/h4-12,16,18H,1-3H3,(H,26,27)/t12-,16?,18?/m1/s1. The van der Waals surface area contributed by atoms with Crippen molar-refractivity contribution in [1.29, 1.82) is 0 Å². The molecule has 6 heteroatoms. The van der Waals surface area contributed by atoms with Gasteiger partial charge in [-0.25, -0.2) is 0 Å². The summed E-state index contributed by atoms with van der Waals surface area (Å²) < 4.78 is 38.0. The Hall–Kier alpha value is -2.01. The van der Waals surface area contributed by atoms with Gasteiger partial charge in [0.05, 0.1) is 12.0 Å². The number of rotatable bonds is 4. The second-order valence-electron chi connectivity index (χ2n) is 7.67. The molecule has 0 radical (unpaired) electrons. The fourth-order valence-electron chi connectivity index (χ4n) is 3.61. The first-order valence-corrected chi connectivity index (χ1v) is 9.13. The van der Waals surface area contributed by atoms with Crippen LogP contribution in [0.1, 0.15) is 32.4 Å². The van der Waals surface area contributed by atoms with Crippen LogP contribution in [0.25, 0.3) is 10.8 Å². The molecule has 0 bridgehead atoms. The number of hydrogen-bond donors (Lipinski definition) is 1. The Bertz CT molecular complexity index is 904. The average molecular weight is 396 g/mol. The Morgan fingerprint density at radius 2 is 1.81 bits per heavy atom. The molecule has 0 saturated heterocycles. The van der Waals surface area contributed by atoms with Crippen molar-refractivity contribution in [1.82, 2.24) is 5.32 Å². The summed E-state index contributed by atoms with van der Waals surface area (Å²) in [5, 5.41) is 3.94. The van der Waals surface area contributed by atoms with E-state index in [1.54, 1.807) is 13.8 Å². The van der Waals surface area contributed by atoms with Crippen molar-refractivity contribution in [3.05, 3.63) is 59.1 Å². The van der Waals surface area contributed by atoms with E-state index in [-0.39, 0.29) is 11.9 Å². The number of benzene rings is 2. The van der Waals surface area contributed by atoms with Gasteiger partial charge in [-0.05, 0) is 40.7 Å². The molecule has 1 aliphatic rings. The monoisotopic (exact) mass is 395 g/mol. The van der Waals surface area contributed by atoms with Crippen LogP contribution in [0.15, 0.2) is 53.6 Å². The average Bonchev–Trinajstić information content (AvgIpc) is 3.13. The van der Waals surface area contributed by atoms with Gasteiger partial charge in [0.2, 0.25) is 5.91 Å². The van der Waals surface area contributed by atoms with Gasteiger partial charge in [-0.15, -0.1) is 0 Å². The number of alkyl halides is 3. The highest BCUT2D eigenvalue weighted by molar-refractivity contribution is 6.30. The molecule has 3 rings (SSSR count). The topological polar surface area (TPSA) is 29.1 Å². The molecule has 144 valence electrons. The minimum atomic E-state index is -4.58. The number of amides is 1. The van der Waals surface area contributed by atoms with Crippen LogP contribution in [0, 0.1) is 17.3 Å². The molecule has 27 heavy (non-hydrogen) atoms. The number of allylic oxidation sites excluding steroid dienone is 2. The third-order valence-electron chi connectivity index (χ3n) is 5.42. The quantitative estimate of drug-likeness (QED) is 0.678. The molecular weight excluding hydrogens is 375 g/mol. The molecule has 0 aromatic heterocycles. The number of carbonyl (C=O) groups is 1. The summed E-state index contributed by atoms with van der Waals surface area (Å²) >= 11 is 5.35. The zero-order valence-electron chi connectivity index (χ0n) is 15.3. The maximum atomic E-state index is 12.7. The van der Waals surface area contributed by atoms with Gasteiger partial charge >= 0.3 is 6.18 Å². The molecule has 2 nitrogen and oxygen atoms in total. The first-order chi connectivity index (χ1) is 12.5. The molecule has 3 atom stereocenters. The molecule has 1 N–H and O–H groups in total. The van der Waals surface area contributed by atoms with E-state index in [2.05, 4.69) is 5.32 Å². The summed E-state index contributed by atoms with van der Waals surface area (Å²) in [5.74, 6) is -1.32. The predicted octanol–water partition coefficient (Wildman–Crippen LogP) is 5.97. The van der Waals surface area contributed by atoms with E-state index >= 15 is 0 Å². The van der Waals surface area contributed by atoms with E-state index in [1.165, 1.54) is 0 Å². The van der Waals surface area contributed by atoms with Crippen molar-refractivity contribution >= 4 is 28.3 Å². The molecular formula is C21H21ClF3NO. The molecule has 0 heterocycles. The minimum Gasteiger partial charge on any atom is -0.349 e. The van der Waals surface area contributed by atoms with Crippen LogP contribution in [0.2, 0.25) is 0 Å². The maximum Gasteiger partial charge on any atom is 0.426 e. The first-order valence-electron chi connectivity index (χ1n) is 8.75. The summed E-state index contributed by atoms with van der Waals surface area (Å²) in [6.45, 7) is 5.42. The third kappa shape index (κ3) is 3.98. The van der Waals surface area contributed by atoms with Crippen molar-refractivity contribution < 1.29 is 18.0 Å². The zero-order valence-corrected chi connectivity index (χ0v) is 16.0. The van der Waals surface area contributed by atoms with Crippen LogP contribution in [-0.4, -0.2) is 12.1 Å². The van der Waals surface area contributed by atoms with Crippen LogP contribution in [0.5, 0.6) is 0 Å². The van der Waals surface area contributed by atoms with Gasteiger partial charge in [-0.2, -0.15) is 13.2 Å². The van der Waals surface area contributed by atoms with Gasteiger partial charge in [0, 0.05) is 0 Å². The van der Waals surface area contributed by atoms with E-state index in [4.69, 9.17) is 11.6 Å². The van der Waals surface area contributed by atoms with E-state index in [0.29, 0.717) is 0 Å². The van der Waals surface area contributed by atoms with Crippen molar-refractivity contribution in [2.75, 3.05) is 0 Å². The lowest BCUT2D eigenvalue weighted by molar-refractivity contribution is -0.123. The van der Waals surface area contributed by atoms with Crippen LogP contribution in [0.3, 0.4) is 0 Å². The van der Waals surface area contributed by atoms with Crippen molar-refractivity contribution in [3.63, 3.8) is 0 Å². The second kappa shape index (κ2) is 6.86. The normalized spacial score (nSPS) is 23.1. The fourth-order valence-corrected chi connectivity index (χ4v) is 3.74. The fraction of sp³-hybridized carbons (Fsp3) is 0.381. The van der Waals surface area contributed by atoms with Gasteiger partial charge in [0.25, 0.3) is 0 Å². The van der Waals surface area contributed by atoms with Gasteiger partial charge in [-0.3, -0.25) is 4.79 Å². The molecule has 0 aliphatic heterocycles. The Kier molecular flexibility index (Phi) is 5.02. The first kappa shape index (κ1) is 19.7. The summed E-state index contributed by atoms with van der Waals surface area (Å²) in [5.41, 5.74) is 0.388. The maximum absolute atomic E-state index is 12.7. The summed E-state index contributed by atoms with van der Waals surface area (Å²) in [6.07, 6.45) is -3.62. The predicted molar refractivity (Wildman–Crippen MR) is 101 cm³/mol. The highest BCUT2D eigenvalue weighted by atomic mass is 35.5. The zero-order chi connectivity index (χ0) is 20.0. The molecule has 2 aromatic rings. The van der Waals surface area contributed by atoms with E-state index < -0.39 is 28.5 Å². The van der Waals surface area contributed by atoms with Crippen LogP contribution in [-0.2, 0) is 4.79 Å². The minimum absolute atomic E-state index is 0.249. The lowest BCUT2D eigenvalue weighted by Crippen LogP contribution is -2.29. The second-order valence-corrected chi connectivity index (χ2v) is 8.08. The third-order valence-corrected chi connectivity index (χ3v) is 5.76. The summed E-state index contributed by atoms with van der Waals surface area (Å²) in [7, 11) is 0. The number of nitrogens with one attached hydrogen (secondary N) is 1. The van der Waals surface area contributed by atoms with Crippen LogP contribution >= 0.6 is 11.6 Å². The highest BCUT2D eigenvalue weighted by Gasteiger charge is 2.61. The van der Waals surface area contributed by atoms with Crippen molar-refractivity contribution in [2.45, 2.75) is 33.0 Å². The molecule has 2 aromatic carbocycles. The van der Waals surface area contributed by atoms with E-state index in [0.717, 1.165) is 22.4 Å². The largest absolute Gasteiger partial charge is 0.426 e. The molecule has 1 amide bonds. The summed E-state index contributed by atoms with van der Waals surface area (Å²) in [4.78, 5) is 12.6. The number of halogens is 4. The Labute approximate surface area is 161 Å². The number of fused-ring (bicyclic) bond motifs is 1. The van der Waals surface area contributed by atoms with Crippen molar-refractivity contribution in [3.8, 4) is 0 Å². The lowest BCUT2D eigenvalue weighted by Gasteiger charge is -2.16. The smallest absolute Gasteiger partial charge is 0.349 e. The molecule has 2 unspecified atom stereocenters. The number of carbonyl (C=O) groups excluding carboxylic acids is 1. The van der Waals surface area contributed by atoms with Crippen LogP contribution in [0.4, 0.5) is 13.2 Å². The SMILES string of the molecule is C[C@@H](NC(=O)C1C(C=C(Cl)C(F)(F)F)C1(C)C)c1ccc2ccccc2c1. The molecule has 0 spiro atoms. The Morgan fingerprint density at radius 3 is 2.44 bits per heavy atom. The van der Waals surface area contributed by atoms with Gasteiger partial charge < -0.3 is 5.32 Å². The Balaban J connectivity index is 1.72. The molecule has 1 aliphatic carbocycles. The van der Waals surface area contributed by atoms with Gasteiger partial charge in [0.1, 0.15) is 5.03 Å². The summed E-state index contributed by atoms with van der Waals surface area (Å²) in [6, 6.07) is 13.6. The van der Waals surface area contributed by atoms with Crippen molar-refractivity contribution in [2.24, 2.45) is 17.3 Å². The van der Waals surface area contributed by atoms with E-state index in [1.807, 2.05) is 49.4 Å². The number of hydrogen-bond acceptors (Lipinski definition) is 1. The lowest BCUT2D eigenvalue weighted by atomic mass is 10.0. The Morgan fingerprint density at radius 1 is 1.19 bits per heavy atom. The molecule has 1 saturated carbocycles. The highest BCUT2D eigenvalue weighted by Crippen LogP contribution is 2.60. The van der Waals surface area contributed by atoms with E-state index in [9.17, 15) is 18.0 Å². The van der Waals surface area contributed by atoms with Gasteiger partial charge in [0.15, 0.2) is 0 Å². The van der Waals surface area contributed by atoms with Gasteiger partial charge in [-0.1, -0.05) is 67.9 Å².